The van der Waals surface area contributed by atoms with Crippen LogP contribution in [0, 0.1) is 5.82 Å². The lowest BCUT2D eigenvalue weighted by atomic mass is 9.94. The third-order valence-corrected chi connectivity index (χ3v) is 7.19. The molecule has 2 aliphatic rings. The summed E-state index contributed by atoms with van der Waals surface area (Å²) in [6, 6.07) is 17.4. The monoisotopic (exact) mass is 533 g/mol. The van der Waals surface area contributed by atoms with Gasteiger partial charge in [0.2, 0.25) is 5.91 Å². The van der Waals surface area contributed by atoms with E-state index in [2.05, 4.69) is 0 Å². The van der Waals surface area contributed by atoms with Crippen LogP contribution in [-0.2, 0) is 16.1 Å². The Hall–Kier alpha value is -3.64. The van der Waals surface area contributed by atoms with E-state index in [4.69, 9.17) is 21.1 Å². The first-order chi connectivity index (χ1) is 18.4. The van der Waals surface area contributed by atoms with Gasteiger partial charge in [0.05, 0.1) is 12.2 Å². The third-order valence-electron chi connectivity index (χ3n) is 6.95. The van der Waals surface area contributed by atoms with Gasteiger partial charge in [-0.05, 0) is 103 Å². The molecule has 0 radical (unpaired) electrons. The number of allylic oxidation sites excluding steroid dienone is 2. The van der Waals surface area contributed by atoms with Gasteiger partial charge in [0.1, 0.15) is 18.2 Å². The molecular formula is C31H29ClFNO4. The van der Waals surface area contributed by atoms with Gasteiger partial charge >= 0.3 is 5.97 Å². The van der Waals surface area contributed by atoms with Crippen LogP contribution >= 0.6 is 11.6 Å². The molecule has 1 fully saturated rings. The molecule has 0 aromatic heterocycles. The maximum Gasteiger partial charge on any atom is 0.338 e. The molecule has 0 bridgehead atoms. The first kappa shape index (κ1) is 26.0. The van der Waals surface area contributed by atoms with Crippen molar-refractivity contribution in [2.24, 2.45) is 0 Å². The Kier molecular flexibility index (Phi) is 7.79. The summed E-state index contributed by atoms with van der Waals surface area (Å²) < 4.78 is 24.8. The first-order valence-corrected chi connectivity index (χ1v) is 13.3. The van der Waals surface area contributed by atoms with E-state index < -0.39 is 5.97 Å². The SMILES string of the molecule is CCOC(=O)c1cc(C2=C(c3cc(Cl)ccc3OCc3ccc(F)cc3)CCC2)cc(N2CCCC2=O)c1. The Morgan fingerprint density at radius 1 is 0.974 bits per heavy atom. The number of rotatable bonds is 8. The number of hydrogen-bond acceptors (Lipinski definition) is 4. The highest BCUT2D eigenvalue weighted by molar-refractivity contribution is 6.30. The predicted octanol–water partition coefficient (Wildman–Crippen LogP) is 7.46. The van der Waals surface area contributed by atoms with Crippen LogP contribution in [0.25, 0.3) is 11.1 Å². The van der Waals surface area contributed by atoms with Crippen LogP contribution in [0.5, 0.6) is 5.75 Å². The van der Waals surface area contributed by atoms with Gasteiger partial charge in [0, 0.05) is 29.2 Å². The lowest BCUT2D eigenvalue weighted by molar-refractivity contribution is -0.117. The number of carbonyl (C=O) groups is 2. The van der Waals surface area contributed by atoms with Crippen molar-refractivity contribution in [1.82, 2.24) is 0 Å². The van der Waals surface area contributed by atoms with Gasteiger partial charge in [-0.25, -0.2) is 9.18 Å². The number of benzene rings is 3. The molecule has 5 rings (SSSR count). The fourth-order valence-corrected chi connectivity index (χ4v) is 5.33. The molecule has 1 aliphatic carbocycles. The standard InChI is InChI=1S/C31H29ClFNO4/c1-2-37-31(36)22-15-21(16-25(17-22)34-14-4-7-30(34)35)26-5-3-6-27(26)28-18-23(32)10-13-29(28)38-19-20-8-11-24(33)12-9-20/h8-13,15-18H,2-7,14,19H2,1H3. The molecule has 38 heavy (non-hydrogen) atoms. The summed E-state index contributed by atoms with van der Waals surface area (Å²) in [5.41, 5.74) is 5.98. The molecule has 1 aliphatic heterocycles. The fraction of sp³-hybridized carbons (Fsp3) is 0.290. The molecule has 0 N–H and O–H groups in total. The summed E-state index contributed by atoms with van der Waals surface area (Å²) in [5.74, 6) is 0.0451. The maximum atomic E-state index is 13.3. The van der Waals surface area contributed by atoms with Crippen molar-refractivity contribution in [3.05, 3.63) is 93.8 Å². The van der Waals surface area contributed by atoms with Crippen LogP contribution in [-0.4, -0.2) is 25.0 Å². The van der Waals surface area contributed by atoms with E-state index in [9.17, 15) is 14.0 Å². The number of hydrogen-bond donors (Lipinski definition) is 0. The summed E-state index contributed by atoms with van der Waals surface area (Å²) in [7, 11) is 0. The van der Waals surface area contributed by atoms with E-state index in [-0.39, 0.29) is 24.9 Å². The van der Waals surface area contributed by atoms with Crippen molar-refractivity contribution in [3.63, 3.8) is 0 Å². The average Bonchev–Trinajstić information content (AvgIpc) is 3.58. The van der Waals surface area contributed by atoms with E-state index in [1.807, 2.05) is 24.3 Å². The third kappa shape index (κ3) is 5.60. The minimum atomic E-state index is -0.409. The predicted molar refractivity (Wildman–Crippen MR) is 147 cm³/mol. The Morgan fingerprint density at radius 2 is 1.76 bits per heavy atom. The molecule has 0 saturated carbocycles. The van der Waals surface area contributed by atoms with Crippen molar-refractivity contribution in [2.45, 2.75) is 45.6 Å². The summed E-state index contributed by atoms with van der Waals surface area (Å²) >= 11 is 6.43. The normalized spacial score (nSPS) is 15.3. The molecule has 196 valence electrons. The molecule has 3 aromatic rings. The zero-order valence-electron chi connectivity index (χ0n) is 21.3. The highest BCUT2D eigenvalue weighted by Crippen LogP contribution is 2.44. The van der Waals surface area contributed by atoms with Gasteiger partial charge in [-0.1, -0.05) is 23.7 Å². The van der Waals surface area contributed by atoms with Gasteiger partial charge in [-0.2, -0.15) is 0 Å². The van der Waals surface area contributed by atoms with Crippen LogP contribution in [0.4, 0.5) is 10.1 Å². The summed E-state index contributed by atoms with van der Waals surface area (Å²) in [6.45, 7) is 2.96. The average molecular weight is 534 g/mol. The molecule has 3 aromatic carbocycles. The van der Waals surface area contributed by atoms with Gasteiger partial charge in [0.15, 0.2) is 0 Å². The molecule has 0 unspecified atom stereocenters. The largest absolute Gasteiger partial charge is 0.488 e. The van der Waals surface area contributed by atoms with Gasteiger partial charge in [0.25, 0.3) is 0 Å². The second-order valence-electron chi connectivity index (χ2n) is 9.50. The highest BCUT2D eigenvalue weighted by atomic mass is 35.5. The fourth-order valence-electron chi connectivity index (χ4n) is 5.16. The Labute approximate surface area is 226 Å². The molecule has 1 heterocycles. The summed E-state index contributed by atoms with van der Waals surface area (Å²) in [4.78, 5) is 27.0. The van der Waals surface area contributed by atoms with Crippen LogP contribution < -0.4 is 9.64 Å². The van der Waals surface area contributed by atoms with Crippen molar-refractivity contribution in [3.8, 4) is 5.75 Å². The van der Waals surface area contributed by atoms with Gasteiger partial charge in [-0.15, -0.1) is 0 Å². The number of halogens is 2. The minimum absolute atomic E-state index is 0.0592. The molecule has 1 amide bonds. The number of nitrogens with zero attached hydrogens (tertiary/aromatic N) is 1. The van der Waals surface area contributed by atoms with E-state index >= 15 is 0 Å². The van der Waals surface area contributed by atoms with Crippen LogP contribution in [0.1, 0.15) is 66.1 Å². The Balaban J connectivity index is 1.56. The lowest BCUT2D eigenvalue weighted by Crippen LogP contribution is -2.24. The molecular weight excluding hydrogens is 505 g/mol. The number of anilines is 1. The van der Waals surface area contributed by atoms with Gasteiger partial charge in [-0.3, -0.25) is 4.79 Å². The molecule has 0 atom stereocenters. The second kappa shape index (κ2) is 11.4. The van der Waals surface area contributed by atoms with Gasteiger partial charge < -0.3 is 14.4 Å². The molecule has 0 spiro atoms. The molecule has 7 heteroatoms. The highest BCUT2D eigenvalue weighted by Gasteiger charge is 2.26. The van der Waals surface area contributed by atoms with Crippen molar-refractivity contribution >= 4 is 40.3 Å². The van der Waals surface area contributed by atoms with Crippen molar-refractivity contribution < 1.29 is 23.5 Å². The van der Waals surface area contributed by atoms with E-state index in [1.165, 1.54) is 12.1 Å². The number of esters is 1. The number of carbonyl (C=O) groups excluding carboxylic acids is 2. The minimum Gasteiger partial charge on any atom is -0.488 e. The summed E-state index contributed by atoms with van der Waals surface area (Å²) in [6.07, 6.45) is 3.88. The zero-order chi connectivity index (χ0) is 26.6. The van der Waals surface area contributed by atoms with E-state index in [0.29, 0.717) is 35.0 Å². The zero-order valence-corrected chi connectivity index (χ0v) is 22.0. The Morgan fingerprint density at radius 3 is 2.50 bits per heavy atom. The van der Waals surface area contributed by atoms with Crippen LogP contribution in [0.2, 0.25) is 5.02 Å². The quantitative estimate of drug-likeness (QED) is 0.282. The first-order valence-electron chi connectivity index (χ1n) is 12.9. The number of amides is 1. The van der Waals surface area contributed by atoms with E-state index in [1.54, 1.807) is 36.1 Å². The number of ether oxygens (including phenoxy) is 2. The van der Waals surface area contributed by atoms with Crippen LogP contribution in [0.15, 0.2) is 60.7 Å². The smallest absolute Gasteiger partial charge is 0.338 e. The topological polar surface area (TPSA) is 55.8 Å². The maximum absolute atomic E-state index is 13.3. The Bertz CT molecular complexity index is 1400. The van der Waals surface area contributed by atoms with E-state index in [0.717, 1.165) is 53.5 Å². The van der Waals surface area contributed by atoms with Crippen molar-refractivity contribution in [2.75, 3.05) is 18.1 Å². The lowest BCUT2D eigenvalue weighted by Gasteiger charge is -2.20. The second-order valence-corrected chi connectivity index (χ2v) is 9.94. The van der Waals surface area contributed by atoms with Crippen molar-refractivity contribution in [1.29, 1.82) is 0 Å². The molecule has 1 saturated heterocycles. The van der Waals surface area contributed by atoms with Crippen LogP contribution in [0.3, 0.4) is 0 Å². The molecule has 5 nitrogen and oxygen atoms in total. The summed E-state index contributed by atoms with van der Waals surface area (Å²) in [5, 5.41) is 0.594.